The van der Waals surface area contributed by atoms with Gasteiger partial charge in [0.2, 0.25) is 0 Å². The summed E-state index contributed by atoms with van der Waals surface area (Å²) in [5.41, 5.74) is 3.95. The minimum Gasteiger partial charge on any atom is -0.480 e. The Kier molecular flexibility index (Phi) is 6.64. The molecule has 2 aromatic rings. The van der Waals surface area contributed by atoms with Gasteiger partial charge in [0, 0.05) is 18.9 Å². The first-order chi connectivity index (χ1) is 16.1. The summed E-state index contributed by atoms with van der Waals surface area (Å²) in [5, 5.41) is 9.55. The Morgan fingerprint density at radius 3 is 2.15 bits per heavy atom. The molecule has 2 aromatic carbocycles. The number of carbonyl (C=O) groups is 3. The summed E-state index contributed by atoms with van der Waals surface area (Å²) >= 11 is 0. The highest BCUT2D eigenvalue weighted by Gasteiger charge is 2.41. The molecule has 0 bridgehead atoms. The van der Waals surface area contributed by atoms with E-state index in [4.69, 9.17) is 9.47 Å². The Balaban J connectivity index is 1.32. The third-order valence-corrected chi connectivity index (χ3v) is 6.43. The molecule has 0 aromatic heterocycles. The number of hydrogen-bond donors (Lipinski definition) is 1. The number of rotatable bonds is 6. The molecule has 2 atom stereocenters. The van der Waals surface area contributed by atoms with Gasteiger partial charge in [-0.15, -0.1) is 0 Å². The van der Waals surface area contributed by atoms with Crippen molar-refractivity contribution < 1.29 is 29.0 Å². The van der Waals surface area contributed by atoms with Crippen LogP contribution in [0.15, 0.2) is 48.5 Å². The average molecular weight is 466 g/mol. The van der Waals surface area contributed by atoms with Gasteiger partial charge in [0.1, 0.15) is 18.2 Å². The summed E-state index contributed by atoms with van der Waals surface area (Å²) < 4.78 is 11.0. The number of fused-ring (bicyclic) bond motifs is 3. The van der Waals surface area contributed by atoms with Gasteiger partial charge in [-0.1, -0.05) is 48.5 Å². The maximum atomic E-state index is 12.6. The number of carboxylic acid groups (broad SMARTS) is 1. The molecule has 34 heavy (non-hydrogen) atoms. The smallest absolute Gasteiger partial charge is 0.411 e. The van der Waals surface area contributed by atoms with Crippen molar-refractivity contribution in [1.29, 1.82) is 0 Å². The number of esters is 1. The molecule has 1 amide bonds. The molecule has 1 N–H and O–H groups in total. The number of nitrogens with zero attached hydrogens (tertiary/aromatic N) is 1. The van der Waals surface area contributed by atoms with Crippen LogP contribution in [0.25, 0.3) is 11.1 Å². The zero-order chi connectivity index (χ0) is 24.5. The lowest BCUT2D eigenvalue weighted by molar-refractivity contribution is -0.144. The molecule has 1 heterocycles. The van der Waals surface area contributed by atoms with E-state index < -0.39 is 23.7 Å². The Labute approximate surface area is 199 Å². The average Bonchev–Trinajstić information content (AvgIpc) is 3.35. The van der Waals surface area contributed by atoms with Crippen LogP contribution in [-0.4, -0.2) is 52.8 Å². The van der Waals surface area contributed by atoms with Gasteiger partial charge in [-0.05, 0) is 61.8 Å². The van der Waals surface area contributed by atoms with E-state index in [1.54, 1.807) is 20.8 Å². The number of carboxylic acids is 1. The molecule has 7 nitrogen and oxygen atoms in total. The van der Waals surface area contributed by atoms with Gasteiger partial charge < -0.3 is 14.6 Å². The first kappa shape index (κ1) is 23.8. The summed E-state index contributed by atoms with van der Waals surface area (Å²) in [4.78, 5) is 37.9. The van der Waals surface area contributed by atoms with Crippen molar-refractivity contribution >= 4 is 18.0 Å². The minimum atomic E-state index is -1.06. The van der Waals surface area contributed by atoms with E-state index >= 15 is 0 Å². The van der Waals surface area contributed by atoms with Crippen molar-refractivity contribution in [2.75, 3.05) is 13.2 Å². The molecule has 1 aliphatic heterocycles. The SMILES string of the molecule is CC(C)(C)OC(=O)N1CC(CCC(=O)OCC2c3ccccc3-c3ccccc32)C[C@H]1C(=O)O. The lowest BCUT2D eigenvalue weighted by atomic mass is 9.98. The summed E-state index contributed by atoms with van der Waals surface area (Å²) in [7, 11) is 0. The molecular weight excluding hydrogens is 434 g/mol. The number of carbonyl (C=O) groups excluding carboxylic acids is 2. The monoisotopic (exact) mass is 465 g/mol. The molecule has 1 aliphatic carbocycles. The highest BCUT2D eigenvalue weighted by atomic mass is 16.6. The summed E-state index contributed by atoms with van der Waals surface area (Å²) in [6, 6.07) is 15.4. The number of amides is 1. The number of ether oxygens (including phenoxy) is 2. The van der Waals surface area contributed by atoms with Gasteiger partial charge in [-0.3, -0.25) is 9.69 Å². The molecular formula is C27H31NO6. The highest BCUT2D eigenvalue weighted by Crippen LogP contribution is 2.44. The lowest BCUT2D eigenvalue weighted by Crippen LogP contribution is -2.43. The van der Waals surface area contributed by atoms with Crippen molar-refractivity contribution in [3.63, 3.8) is 0 Å². The summed E-state index contributed by atoms with van der Waals surface area (Å²) in [5.74, 6) is -1.48. The molecule has 1 unspecified atom stereocenters. The Bertz CT molecular complexity index is 1040. The predicted octanol–water partition coefficient (Wildman–Crippen LogP) is 4.83. The molecule has 180 valence electrons. The number of likely N-dealkylation sites (tertiary alicyclic amines) is 1. The molecule has 1 fully saturated rings. The van der Waals surface area contributed by atoms with E-state index in [1.807, 2.05) is 24.3 Å². The Morgan fingerprint density at radius 2 is 1.59 bits per heavy atom. The van der Waals surface area contributed by atoms with E-state index in [2.05, 4.69) is 24.3 Å². The molecule has 0 saturated carbocycles. The zero-order valence-corrected chi connectivity index (χ0v) is 19.8. The first-order valence-corrected chi connectivity index (χ1v) is 11.7. The second-order valence-corrected chi connectivity index (χ2v) is 10.0. The molecule has 0 spiro atoms. The molecule has 1 saturated heterocycles. The van der Waals surface area contributed by atoms with Gasteiger partial charge in [0.05, 0.1) is 0 Å². The second-order valence-electron chi connectivity index (χ2n) is 10.0. The van der Waals surface area contributed by atoms with Gasteiger partial charge in [0.25, 0.3) is 0 Å². The molecule has 4 rings (SSSR count). The fraction of sp³-hybridized carbons (Fsp3) is 0.444. The van der Waals surface area contributed by atoms with Crippen LogP contribution in [0.5, 0.6) is 0 Å². The minimum absolute atomic E-state index is 0.00174. The fourth-order valence-electron chi connectivity index (χ4n) is 4.90. The fourth-order valence-corrected chi connectivity index (χ4v) is 4.90. The number of aliphatic carboxylic acids is 1. The topological polar surface area (TPSA) is 93.1 Å². The largest absolute Gasteiger partial charge is 0.480 e. The van der Waals surface area contributed by atoms with E-state index in [1.165, 1.54) is 16.0 Å². The molecule has 7 heteroatoms. The van der Waals surface area contributed by atoms with E-state index in [9.17, 15) is 19.5 Å². The first-order valence-electron chi connectivity index (χ1n) is 11.7. The maximum Gasteiger partial charge on any atom is 0.411 e. The van der Waals surface area contributed by atoms with Crippen LogP contribution in [0.3, 0.4) is 0 Å². The van der Waals surface area contributed by atoms with Crippen LogP contribution in [0.1, 0.15) is 57.1 Å². The van der Waals surface area contributed by atoms with Crippen molar-refractivity contribution in [2.24, 2.45) is 5.92 Å². The zero-order valence-electron chi connectivity index (χ0n) is 19.8. The second kappa shape index (κ2) is 9.49. The lowest BCUT2D eigenvalue weighted by Gasteiger charge is -2.26. The highest BCUT2D eigenvalue weighted by molar-refractivity contribution is 5.81. The van der Waals surface area contributed by atoms with E-state index in [-0.39, 0.29) is 37.4 Å². The van der Waals surface area contributed by atoms with Crippen molar-refractivity contribution in [1.82, 2.24) is 4.90 Å². The van der Waals surface area contributed by atoms with Crippen LogP contribution in [0.4, 0.5) is 4.79 Å². The normalized spacial score (nSPS) is 19.4. The Morgan fingerprint density at radius 1 is 1.00 bits per heavy atom. The molecule has 0 radical (unpaired) electrons. The van der Waals surface area contributed by atoms with Crippen molar-refractivity contribution in [2.45, 2.75) is 57.6 Å². The maximum absolute atomic E-state index is 12.6. The van der Waals surface area contributed by atoms with Crippen molar-refractivity contribution in [3.05, 3.63) is 59.7 Å². The quantitative estimate of drug-likeness (QED) is 0.614. The van der Waals surface area contributed by atoms with Gasteiger partial charge in [-0.2, -0.15) is 0 Å². The summed E-state index contributed by atoms with van der Waals surface area (Å²) in [6.45, 7) is 5.74. The van der Waals surface area contributed by atoms with Gasteiger partial charge in [0.15, 0.2) is 0 Å². The predicted molar refractivity (Wildman–Crippen MR) is 126 cm³/mol. The standard InChI is InChI=1S/C27H31NO6/c1-27(2,3)34-26(32)28-15-17(14-23(28)25(30)31)12-13-24(29)33-16-22-20-10-6-4-8-18(20)19-9-5-7-11-21(19)22/h4-11,17,22-23H,12-16H2,1-3H3,(H,30,31)/t17?,23-/m0/s1. The van der Waals surface area contributed by atoms with E-state index in [0.29, 0.717) is 12.8 Å². The van der Waals surface area contributed by atoms with Crippen LogP contribution in [0.2, 0.25) is 0 Å². The van der Waals surface area contributed by atoms with Crippen LogP contribution in [0, 0.1) is 5.92 Å². The van der Waals surface area contributed by atoms with E-state index in [0.717, 1.165) is 11.1 Å². The van der Waals surface area contributed by atoms with Crippen LogP contribution < -0.4 is 0 Å². The summed E-state index contributed by atoms with van der Waals surface area (Å²) in [6.07, 6.45) is 0.295. The Hall–Kier alpha value is -3.35. The van der Waals surface area contributed by atoms with Crippen molar-refractivity contribution in [3.8, 4) is 11.1 Å². The molecule has 2 aliphatic rings. The van der Waals surface area contributed by atoms with Crippen LogP contribution >= 0.6 is 0 Å². The number of benzene rings is 2. The van der Waals surface area contributed by atoms with Crippen LogP contribution in [-0.2, 0) is 19.1 Å². The third-order valence-electron chi connectivity index (χ3n) is 6.43. The number of hydrogen-bond acceptors (Lipinski definition) is 5. The third kappa shape index (κ3) is 5.08. The van der Waals surface area contributed by atoms with Gasteiger partial charge >= 0.3 is 18.0 Å². The van der Waals surface area contributed by atoms with Gasteiger partial charge in [-0.25, -0.2) is 9.59 Å².